The molecule has 0 N–H and O–H groups in total. The van der Waals surface area contributed by atoms with Crippen LogP contribution in [0.3, 0.4) is 0 Å². The summed E-state index contributed by atoms with van der Waals surface area (Å²) < 4.78 is 0. The van der Waals surface area contributed by atoms with Crippen molar-refractivity contribution in [2.24, 2.45) is 5.92 Å². The Morgan fingerprint density at radius 1 is 0.941 bits per heavy atom. The first-order valence-corrected chi connectivity index (χ1v) is 12.7. The molecule has 6 heteroatoms. The minimum Gasteiger partial charge on any atom is -0.340 e. The van der Waals surface area contributed by atoms with Gasteiger partial charge in [0.1, 0.15) is 0 Å². The summed E-state index contributed by atoms with van der Waals surface area (Å²) in [5, 5.41) is 0.644. The summed E-state index contributed by atoms with van der Waals surface area (Å²) in [6.45, 7) is 5.48. The summed E-state index contributed by atoms with van der Waals surface area (Å²) in [5.41, 5.74) is 2.32. The Balaban J connectivity index is 1.20. The molecule has 2 aromatic rings. The third-order valence-corrected chi connectivity index (χ3v) is 7.16. The number of nitrogens with zero attached hydrogens (tertiary/aromatic N) is 3. The van der Waals surface area contributed by atoms with Crippen LogP contribution >= 0.6 is 11.6 Å². The van der Waals surface area contributed by atoms with Crippen molar-refractivity contribution < 1.29 is 9.59 Å². The fourth-order valence-corrected chi connectivity index (χ4v) is 5.03. The molecule has 2 fully saturated rings. The summed E-state index contributed by atoms with van der Waals surface area (Å²) >= 11 is 6.01. The maximum atomic E-state index is 12.7. The number of carbonyl (C=O) groups excluding carboxylic acids is 2. The Kier molecular flexibility index (Phi) is 8.78. The van der Waals surface area contributed by atoms with E-state index >= 15 is 0 Å². The Morgan fingerprint density at radius 3 is 2.50 bits per heavy atom. The average Bonchev–Trinajstić information content (AvgIpc) is 3.04. The smallest absolute Gasteiger partial charge is 0.246 e. The molecule has 4 rings (SSSR count). The standard InChI is InChI=1S/C28H34ClN3O2/c29-26-8-4-7-24(22-26)9-10-27(33)31-16-13-28(34)32(20-19-31)18-17-30-14-11-25(12-15-30)21-23-5-2-1-3-6-23/h1-10,22,25H,11-21H2/b10-9+. The van der Waals surface area contributed by atoms with E-state index in [0.29, 0.717) is 31.1 Å². The zero-order chi connectivity index (χ0) is 23.8. The number of benzene rings is 2. The van der Waals surface area contributed by atoms with Gasteiger partial charge in [-0.15, -0.1) is 0 Å². The normalized spacial score (nSPS) is 18.4. The maximum absolute atomic E-state index is 12.7. The molecule has 0 bridgehead atoms. The predicted molar refractivity (Wildman–Crippen MR) is 138 cm³/mol. The molecule has 2 aliphatic rings. The van der Waals surface area contributed by atoms with Gasteiger partial charge in [0.15, 0.2) is 0 Å². The number of hydrogen-bond donors (Lipinski definition) is 0. The molecule has 0 atom stereocenters. The lowest BCUT2D eigenvalue weighted by Crippen LogP contribution is -2.42. The first kappa shape index (κ1) is 24.5. The van der Waals surface area contributed by atoms with E-state index in [1.54, 1.807) is 17.1 Å². The molecule has 0 saturated carbocycles. The summed E-state index contributed by atoms with van der Waals surface area (Å²) in [6, 6.07) is 18.2. The quantitative estimate of drug-likeness (QED) is 0.554. The van der Waals surface area contributed by atoms with Gasteiger partial charge in [-0.05, 0) is 67.6 Å². The molecule has 2 aromatic carbocycles. The third kappa shape index (κ3) is 7.18. The van der Waals surface area contributed by atoms with E-state index in [1.165, 1.54) is 18.4 Å². The fraction of sp³-hybridized carbons (Fsp3) is 0.429. The largest absolute Gasteiger partial charge is 0.340 e. The van der Waals surface area contributed by atoms with E-state index in [0.717, 1.165) is 44.1 Å². The zero-order valence-corrected chi connectivity index (χ0v) is 20.5. The minimum absolute atomic E-state index is 0.0601. The highest BCUT2D eigenvalue weighted by molar-refractivity contribution is 6.30. The van der Waals surface area contributed by atoms with E-state index in [-0.39, 0.29) is 11.8 Å². The van der Waals surface area contributed by atoms with Crippen molar-refractivity contribution in [2.75, 3.05) is 45.8 Å². The number of carbonyl (C=O) groups is 2. The van der Waals surface area contributed by atoms with Crippen LogP contribution in [0.25, 0.3) is 6.08 Å². The number of halogens is 1. The Hall–Kier alpha value is -2.63. The lowest BCUT2D eigenvalue weighted by molar-refractivity contribution is -0.130. The van der Waals surface area contributed by atoms with Crippen LogP contribution < -0.4 is 0 Å². The molecule has 0 radical (unpaired) electrons. The van der Waals surface area contributed by atoms with Crippen LogP contribution in [0.1, 0.15) is 30.4 Å². The van der Waals surface area contributed by atoms with Gasteiger partial charge in [0.25, 0.3) is 0 Å². The van der Waals surface area contributed by atoms with Crippen LogP contribution in [-0.2, 0) is 16.0 Å². The molecule has 0 aromatic heterocycles. The van der Waals surface area contributed by atoms with Gasteiger partial charge in [-0.25, -0.2) is 0 Å². The summed E-state index contributed by atoms with van der Waals surface area (Å²) in [6.07, 6.45) is 7.32. The zero-order valence-electron chi connectivity index (χ0n) is 19.7. The highest BCUT2D eigenvalue weighted by Crippen LogP contribution is 2.21. The number of rotatable bonds is 7. The molecule has 2 amide bonds. The van der Waals surface area contributed by atoms with E-state index in [1.807, 2.05) is 29.2 Å². The molecular formula is C28H34ClN3O2. The van der Waals surface area contributed by atoms with E-state index in [4.69, 9.17) is 11.6 Å². The van der Waals surface area contributed by atoms with Crippen LogP contribution in [0, 0.1) is 5.92 Å². The van der Waals surface area contributed by atoms with Gasteiger partial charge < -0.3 is 14.7 Å². The molecule has 2 aliphatic heterocycles. The first-order valence-electron chi connectivity index (χ1n) is 12.3. The van der Waals surface area contributed by atoms with Crippen molar-refractivity contribution in [3.8, 4) is 0 Å². The van der Waals surface area contributed by atoms with Gasteiger partial charge in [-0.2, -0.15) is 0 Å². The van der Waals surface area contributed by atoms with Gasteiger partial charge in [0.05, 0.1) is 0 Å². The van der Waals surface area contributed by atoms with Crippen LogP contribution in [0.15, 0.2) is 60.7 Å². The molecule has 34 heavy (non-hydrogen) atoms. The van der Waals surface area contributed by atoms with Crippen molar-refractivity contribution in [2.45, 2.75) is 25.7 Å². The second kappa shape index (κ2) is 12.2. The second-order valence-corrected chi connectivity index (χ2v) is 9.76. The average molecular weight is 480 g/mol. The van der Waals surface area contributed by atoms with E-state index < -0.39 is 0 Å². The first-order chi connectivity index (χ1) is 16.6. The van der Waals surface area contributed by atoms with Crippen molar-refractivity contribution in [3.63, 3.8) is 0 Å². The van der Waals surface area contributed by atoms with Crippen LogP contribution in [0.2, 0.25) is 5.02 Å². The van der Waals surface area contributed by atoms with Gasteiger partial charge in [0.2, 0.25) is 11.8 Å². The van der Waals surface area contributed by atoms with Gasteiger partial charge in [-0.1, -0.05) is 54.1 Å². The van der Waals surface area contributed by atoms with Crippen molar-refractivity contribution in [1.82, 2.24) is 14.7 Å². The number of hydrogen-bond acceptors (Lipinski definition) is 3. The van der Waals surface area contributed by atoms with Crippen LogP contribution in [0.4, 0.5) is 0 Å². The molecule has 180 valence electrons. The van der Waals surface area contributed by atoms with Gasteiger partial charge >= 0.3 is 0 Å². The Labute approximate surface area is 208 Å². The number of amides is 2. The maximum Gasteiger partial charge on any atom is 0.246 e. The molecular weight excluding hydrogens is 446 g/mol. The molecule has 0 spiro atoms. The van der Waals surface area contributed by atoms with Crippen molar-refractivity contribution in [3.05, 3.63) is 76.8 Å². The SMILES string of the molecule is O=C(/C=C/c1cccc(Cl)c1)N1CCC(=O)N(CCN2CCC(Cc3ccccc3)CC2)CC1. The molecule has 0 aliphatic carbocycles. The predicted octanol–water partition coefficient (Wildman–Crippen LogP) is 4.37. The number of likely N-dealkylation sites (tertiary alicyclic amines) is 1. The van der Waals surface area contributed by atoms with Crippen LogP contribution in [-0.4, -0.2) is 72.3 Å². The third-order valence-electron chi connectivity index (χ3n) is 6.93. The van der Waals surface area contributed by atoms with Crippen molar-refractivity contribution >= 4 is 29.5 Å². The Morgan fingerprint density at radius 2 is 1.74 bits per heavy atom. The fourth-order valence-electron chi connectivity index (χ4n) is 4.83. The number of piperidine rings is 1. The van der Waals surface area contributed by atoms with Crippen LogP contribution in [0.5, 0.6) is 0 Å². The molecule has 2 saturated heterocycles. The highest BCUT2D eigenvalue weighted by atomic mass is 35.5. The second-order valence-electron chi connectivity index (χ2n) is 9.32. The summed E-state index contributed by atoms with van der Waals surface area (Å²) in [5.74, 6) is 0.834. The topological polar surface area (TPSA) is 43.9 Å². The van der Waals surface area contributed by atoms with Gasteiger partial charge in [-0.3, -0.25) is 9.59 Å². The molecule has 0 unspecified atom stereocenters. The van der Waals surface area contributed by atoms with Gasteiger partial charge in [0, 0.05) is 50.2 Å². The lowest BCUT2D eigenvalue weighted by atomic mass is 9.90. The minimum atomic E-state index is -0.0601. The van der Waals surface area contributed by atoms with Crippen molar-refractivity contribution in [1.29, 1.82) is 0 Å². The summed E-state index contributed by atoms with van der Waals surface area (Å²) in [7, 11) is 0. The molecule has 5 nitrogen and oxygen atoms in total. The van der Waals surface area contributed by atoms with E-state index in [2.05, 4.69) is 35.2 Å². The summed E-state index contributed by atoms with van der Waals surface area (Å²) in [4.78, 5) is 31.5. The van der Waals surface area contributed by atoms with E-state index in [9.17, 15) is 9.59 Å². The molecule has 2 heterocycles. The lowest BCUT2D eigenvalue weighted by Gasteiger charge is -2.33. The monoisotopic (exact) mass is 479 g/mol. The Bertz CT molecular complexity index is 986. The highest BCUT2D eigenvalue weighted by Gasteiger charge is 2.24.